The van der Waals surface area contributed by atoms with Gasteiger partial charge in [-0.3, -0.25) is 4.79 Å². The van der Waals surface area contributed by atoms with E-state index in [1.54, 1.807) is 12.1 Å². The molecular weight excluding hydrogens is 362 g/mol. The number of fused-ring (bicyclic) bond motifs is 1. The molecule has 23 heavy (non-hydrogen) atoms. The number of methoxy groups -OCH3 is 1. The van der Waals surface area contributed by atoms with Gasteiger partial charge >= 0.3 is 0 Å². The molecule has 6 heteroatoms. The van der Waals surface area contributed by atoms with E-state index in [0.29, 0.717) is 41.7 Å². The summed E-state index contributed by atoms with van der Waals surface area (Å²) in [7, 11) is 1.52. The molecule has 3 rings (SSSR count). The highest BCUT2D eigenvalue weighted by Crippen LogP contribution is 2.36. The maximum Gasteiger partial charge on any atom is 0.259 e. The summed E-state index contributed by atoms with van der Waals surface area (Å²) in [6.45, 7) is 1.15. The van der Waals surface area contributed by atoms with Gasteiger partial charge in [-0.05, 0) is 24.3 Å². The van der Waals surface area contributed by atoms with Crippen LogP contribution >= 0.6 is 15.9 Å². The van der Waals surface area contributed by atoms with Crippen LogP contribution in [-0.4, -0.2) is 26.2 Å². The molecular formula is C17H16BrNO4. The summed E-state index contributed by atoms with van der Waals surface area (Å²) in [5.41, 5.74) is 1.10. The number of hydrogen-bond acceptors (Lipinski definition) is 4. The first kappa shape index (κ1) is 15.7. The Bertz CT molecular complexity index is 715. The van der Waals surface area contributed by atoms with Crippen molar-refractivity contribution < 1.29 is 19.0 Å². The zero-order chi connectivity index (χ0) is 16.2. The molecule has 120 valence electrons. The van der Waals surface area contributed by atoms with Crippen LogP contribution < -0.4 is 19.5 Å². The molecule has 0 fully saturated rings. The van der Waals surface area contributed by atoms with E-state index >= 15 is 0 Å². The monoisotopic (exact) mass is 377 g/mol. The summed E-state index contributed by atoms with van der Waals surface area (Å²) in [5.74, 6) is 1.34. The maximum atomic E-state index is 12.6. The average Bonchev–Trinajstić information content (AvgIpc) is 2.80. The molecule has 0 aliphatic carbocycles. The van der Waals surface area contributed by atoms with Crippen LogP contribution in [0.3, 0.4) is 0 Å². The van der Waals surface area contributed by atoms with Crippen molar-refractivity contribution in [2.24, 2.45) is 0 Å². The Balaban J connectivity index is 1.89. The van der Waals surface area contributed by atoms with E-state index in [4.69, 9.17) is 14.2 Å². The Hall–Kier alpha value is -2.21. The third-order valence-corrected chi connectivity index (χ3v) is 3.95. The highest BCUT2D eigenvalue weighted by atomic mass is 79.9. The zero-order valence-electron chi connectivity index (χ0n) is 12.6. The largest absolute Gasteiger partial charge is 0.496 e. The van der Waals surface area contributed by atoms with Crippen molar-refractivity contribution in [1.82, 2.24) is 0 Å². The van der Waals surface area contributed by atoms with Crippen molar-refractivity contribution in [2.75, 3.05) is 25.6 Å². The van der Waals surface area contributed by atoms with Gasteiger partial charge in [-0.25, -0.2) is 0 Å². The molecule has 0 saturated carbocycles. The van der Waals surface area contributed by atoms with Crippen molar-refractivity contribution in [3.63, 3.8) is 0 Å². The van der Waals surface area contributed by atoms with E-state index in [9.17, 15) is 4.79 Å². The molecule has 2 aromatic carbocycles. The number of benzene rings is 2. The molecule has 0 spiro atoms. The molecule has 1 N–H and O–H groups in total. The van der Waals surface area contributed by atoms with Crippen LogP contribution in [0.15, 0.2) is 40.9 Å². The summed E-state index contributed by atoms with van der Waals surface area (Å²) < 4.78 is 17.5. The minimum absolute atomic E-state index is 0.264. The second-order valence-electron chi connectivity index (χ2n) is 5.01. The number of hydrogen-bond donors (Lipinski definition) is 1. The Labute approximate surface area is 142 Å². The lowest BCUT2D eigenvalue weighted by molar-refractivity contribution is 0.102. The summed E-state index contributed by atoms with van der Waals surface area (Å²) in [6, 6.07) is 10.7. The number of halogens is 1. The predicted molar refractivity (Wildman–Crippen MR) is 90.7 cm³/mol. The van der Waals surface area contributed by atoms with Gasteiger partial charge in [0.2, 0.25) is 0 Å². The molecule has 2 aromatic rings. The maximum absolute atomic E-state index is 12.6. The zero-order valence-corrected chi connectivity index (χ0v) is 14.2. The van der Waals surface area contributed by atoms with E-state index in [1.165, 1.54) is 7.11 Å². The van der Waals surface area contributed by atoms with Crippen LogP contribution in [0.5, 0.6) is 17.2 Å². The van der Waals surface area contributed by atoms with E-state index in [2.05, 4.69) is 21.2 Å². The molecule has 1 heterocycles. The number of carbonyl (C=O) groups excluding carboxylic acids is 1. The lowest BCUT2D eigenvalue weighted by Gasteiger charge is -2.14. The molecule has 1 aliphatic heterocycles. The van der Waals surface area contributed by atoms with Gasteiger partial charge in [-0.15, -0.1) is 0 Å². The number of carbonyl (C=O) groups is 1. The Morgan fingerprint density at radius 3 is 2.43 bits per heavy atom. The van der Waals surface area contributed by atoms with Gasteiger partial charge < -0.3 is 19.5 Å². The van der Waals surface area contributed by atoms with Crippen LogP contribution in [0.2, 0.25) is 0 Å². The number of rotatable bonds is 3. The highest BCUT2D eigenvalue weighted by molar-refractivity contribution is 9.10. The standard InChI is InChI=1S/C17H16BrNO4/c1-21-14-10-16-15(22-7-2-8-23-16)9-13(14)17(20)19-12-5-3-11(18)4-6-12/h3-6,9-10H,2,7-8H2,1H3,(H,19,20). The normalized spacial score (nSPS) is 13.1. The molecule has 0 saturated heterocycles. The molecule has 0 atom stereocenters. The van der Waals surface area contributed by atoms with Crippen molar-refractivity contribution in [3.8, 4) is 17.2 Å². The van der Waals surface area contributed by atoms with Crippen LogP contribution in [0.1, 0.15) is 16.8 Å². The van der Waals surface area contributed by atoms with Crippen molar-refractivity contribution in [1.29, 1.82) is 0 Å². The van der Waals surface area contributed by atoms with Gasteiger partial charge in [0.1, 0.15) is 5.75 Å². The van der Waals surface area contributed by atoms with E-state index in [1.807, 2.05) is 24.3 Å². The molecule has 0 bridgehead atoms. The SMILES string of the molecule is COc1cc2c(cc1C(=O)Nc1ccc(Br)cc1)OCCCO2. The fourth-order valence-corrected chi connectivity index (χ4v) is 2.53. The van der Waals surface area contributed by atoms with Gasteiger partial charge in [-0.1, -0.05) is 15.9 Å². The summed E-state index contributed by atoms with van der Waals surface area (Å²) in [4.78, 5) is 12.6. The number of amides is 1. The van der Waals surface area contributed by atoms with E-state index in [0.717, 1.165) is 10.9 Å². The minimum Gasteiger partial charge on any atom is -0.496 e. The van der Waals surface area contributed by atoms with Gasteiger partial charge in [0, 0.05) is 28.7 Å². The first-order valence-electron chi connectivity index (χ1n) is 7.22. The van der Waals surface area contributed by atoms with E-state index in [-0.39, 0.29) is 5.91 Å². The third kappa shape index (κ3) is 3.59. The van der Waals surface area contributed by atoms with E-state index < -0.39 is 0 Å². The second kappa shape index (κ2) is 6.91. The molecule has 0 unspecified atom stereocenters. The molecule has 0 radical (unpaired) electrons. The summed E-state index contributed by atoms with van der Waals surface area (Å²) >= 11 is 3.36. The topological polar surface area (TPSA) is 56.8 Å². The smallest absolute Gasteiger partial charge is 0.259 e. The van der Waals surface area contributed by atoms with Gasteiger partial charge in [-0.2, -0.15) is 0 Å². The lowest BCUT2D eigenvalue weighted by atomic mass is 10.1. The van der Waals surface area contributed by atoms with Crippen LogP contribution in [0, 0.1) is 0 Å². The minimum atomic E-state index is -0.264. The highest BCUT2D eigenvalue weighted by Gasteiger charge is 2.20. The molecule has 0 aromatic heterocycles. The first-order valence-corrected chi connectivity index (χ1v) is 8.01. The van der Waals surface area contributed by atoms with Crippen molar-refractivity contribution in [3.05, 3.63) is 46.4 Å². The Morgan fingerprint density at radius 2 is 1.78 bits per heavy atom. The summed E-state index contributed by atoms with van der Waals surface area (Å²) in [5, 5.41) is 2.85. The fourth-order valence-electron chi connectivity index (χ4n) is 2.27. The fraction of sp³-hybridized carbons (Fsp3) is 0.235. The lowest BCUT2D eigenvalue weighted by Crippen LogP contribution is -2.13. The van der Waals surface area contributed by atoms with Gasteiger partial charge in [0.15, 0.2) is 11.5 Å². The van der Waals surface area contributed by atoms with Crippen LogP contribution in [0.4, 0.5) is 5.69 Å². The second-order valence-corrected chi connectivity index (χ2v) is 5.93. The van der Waals surface area contributed by atoms with Crippen molar-refractivity contribution >= 4 is 27.5 Å². The number of anilines is 1. The van der Waals surface area contributed by atoms with Crippen molar-refractivity contribution in [2.45, 2.75) is 6.42 Å². The summed E-state index contributed by atoms with van der Waals surface area (Å²) in [6.07, 6.45) is 0.803. The molecule has 1 aliphatic rings. The quantitative estimate of drug-likeness (QED) is 0.881. The molecule has 1 amide bonds. The first-order chi connectivity index (χ1) is 11.2. The van der Waals surface area contributed by atoms with Gasteiger partial charge in [0.25, 0.3) is 5.91 Å². The number of nitrogens with one attached hydrogen (secondary N) is 1. The van der Waals surface area contributed by atoms with Crippen LogP contribution in [0.25, 0.3) is 0 Å². The number of ether oxygens (including phenoxy) is 3. The molecule has 5 nitrogen and oxygen atoms in total. The Morgan fingerprint density at radius 1 is 1.13 bits per heavy atom. The van der Waals surface area contributed by atoms with Crippen LogP contribution in [-0.2, 0) is 0 Å². The third-order valence-electron chi connectivity index (χ3n) is 3.42. The predicted octanol–water partition coefficient (Wildman–Crippen LogP) is 3.87. The average molecular weight is 378 g/mol. The Kier molecular flexibility index (Phi) is 4.71. The van der Waals surface area contributed by atoms with Gasteiger partial charge in [0.05, 0.1) is 25.9 Å².